The summed E-state index contributed by atoms with van der Waals surface area (Å²) in [5, 5.41) is 9.45. The second-order valence-electron chi connectivity index (χ2n) is 6.68. The topological polar surface area (TPSA) is 73.8 Å². The van der Waals surface area contributed by atoms with Gasteiger partial charge < -0.3 is 4.42 Å². The first-order valence-corrected chi connectivity index (χ1v) is 10.9. The molecule has 0 bridgehead atoms. The molecular weight excluding hydrogens is 452 g/mol. The first-order chi connectivity index (χ1) is 14.0. The van der Waals surface area contributed by atoms with Crippen molar-refractivity contribution in [2.45, 2.75) is 37.7 Å². The van der Waals surface area contributed by atoms with Crippen molar-refractivity contribution in [3.05, 3.63) is 68.7 Å². The standard InChI is InChI=1S/C21H19BrN4O2S/c1-4-26-20(27)16-11-15(22)9-10-17(16)23-21(26)29-13(3)18-24-25-19(28-18)14-7-5-12(2)6-8-14/h5-11,13H,4H2,1-3H3. The molecule has 0 aliphatic carbocycles. The maximum atomic E-state index is 12.9. The van der Waals surface area contributed by atoms with Gasteiger partial charge in [0.15, 0.2) is 5.16 Å². The minimum absolute atomic E-state index is 0.0561. The van der Waals surface area contributed by atoms with E-state index in [0.717, 1.165) is 10.0 Å². The molecular formula is C21H19BrN4O2S. The highest BCUT2D eigenvalue weighted by molar-refractivity contribution is 9.10. The summed E-state index contributed by atoms with van der Waals surface area (Å²) in [6.07, 6.45) is 0. The molecule has 29 heavy (non-hydrogen) atoms. The number of halogens is 1. The number of thioether (sulfide) groups is 1. The fourth-order valence-electron chi connectivity index (χ4n) is 2.96. The third-order valence-corrected chi connectivity index (χ3v) is 6.14. The normalized spacial score (nSPS) is 12.4. The number of benzene rings is 2. The summed E-state index contributed by atoms with van der Waals surface area (Å²) in [5.74, 6) is 0.982. The molecule has 0 saturated carbocycles. The molecule has 0 saturated heterocycles. The predicted molar refractivity (Wildman–Crippen MR) is 118 cm³/mol. The van der Waals surface area contributed by atoms with Crippen molar-refractivity contribution in [2.24, 2.45) is 0 Å². The Morgan fingerprint density at radius 3 is 2.66 bits per heavy atom. The van der Waals surface area contributed by atoms with E-state index < -0.39 is 0 Å². The Kier molecular flexibility index (Phi) is 5.56. The summed E-state index contributed by atoms with van der Waals surface area (Å²) >= 11 is 4.86. The molecule has 1 atom stereocenters. The number of hydrogen-bond donors (Lipinski definition) is 0. The highest BCUT2D eigenvalue weighted by Crippen LogP contribution is 2.34. The lowest BCUT2D eigenvalue weighted by atomic mass is 10.1. The van der Waals surface area contributed by atoms with Gasteiger partial charge in [0.1, 0.15) is 0 Å². The van der Waals surface area contributed by atoms with E-state index in [1.807, 2.05) is 57.2 Å². The maximum absolute atomic E-state index is 12.9. The molecule has 1 unspecified atom stereocenters. The molecule has 0 spiro atoms. The molecule has 2 aromatic carbocycles. The van der Waals surface area contributed by atoms with Crippen LogP contribution < -0.4 is 5.56 Å². The first-order valence-electron chi connectivity index (χ1n) is 9.23. The minimum Gasteiger partial charge on any atom is -0.419 e. The average Bonchev–Trinajstić information content (AvgIpc) is 3.20. The lowest BCUT2D eigenvalue weighted by Gasteiger charge is -2.13. The van der Waals surface area contributed by atoms with Crippen LogP contribution in [0.2, 0.25) is 0 Å². The van der Waals surface area contributed by atoms with Gasteiger partial charge in [-0.05, 0) is 51.1 Å². The van der Waals surface area contributed by atoms with Gasteiger partial charge in [-0.3, -0.25) is 9.36 Å². The van der Waals surface area contributed by atoms with Crippen LogP contribution in [0.25, 0.3) is 22.4 Å². The van der Waals surface area contributed by atoms with Crippen molar-refractivity contribution in [1.29, 1.82) is 0 Å². The van der Waals surface area contributed by atoms with Gasteiger partial charge >= 0.3 is 0 Å². The van der Waals surface area contributed by atoms with Crippen LogP contribution in [0, 0.1) is 6.92 Å². The zero-order valence-corrected chi connectivity index (χ0v) is 18.6. The second kappa shape index (κ2) is 8.12. The Bertz CT molecular complexity index is 1230. The maximum Gasteiger partial charge on any atom is 0.262 e. The van der Waals surface area contributed by atoms with E-state index in [9.17, 15) is 4.79 Å². The summed E-state index contributed by atoms with van der Waals surface area (Å²) in [6.45, 7) is 6.46. The minimum atomic E-state index is -0.153. The van der Waals surface area contributed by atoms with Crippen LogP contribution >= 0.6 is 27.7 Å². The molecule has 0 radical (unpaired) electrons. The molecule has 8 heteroatoms. The zero-order valence-electron chi connectivity index (χ0n) is 16.2. The number of aromatic nitrogens is 4. The van der Waals surface area contributed by atoms with Gasteiger partial charge in [-0.2, -0.15) is 0 Å². The highest BCUT2D eigenvalue weighted by atomic mass is 79.9. The van der Waals surface area contributed by atoms with Crippen molar-refractivity contribution in [3.8, 4) is 11.5 Å². The van der Waals surface area contributed by atoms with Crippen LogP contribution in [0.1, 0.15) is 30.6 Å². The number of nitrogens with zero attached hydrogens (tertiary/aromatic N) is 4. The third kappa shape index (κ3) is 4.00. The van der Waals surface area contributed by atoms with E-state index in [1.54, 1.807) is 10.6 Å². The Morgan fingerprint density at radius 2 is 1.93 bits per heavy atom. The fourth-order valence-corrected chi connectivity index (χ4v) is 4.33. The molecule has 2 aromatic heterocycles. The molecule has 0 aliphatic rings. The summed E-state index contributed by atoms with van der Waals surface area (Å²) < 4.78 is 8.42. The van der Waals surface area contributed by atoms with Gasteiger partial charge in [-0.1, -0.05) is 45.4 Å². The van der Waals surface area contributed by atoms with Crippen molar-refractivity contribution in [3.63, 3.8) is 0 Å². The largest absolute Gasteiger partial charge is 0.419 e. The summed E-state index contributed by atoms with van der Waals surface area (Å²) in [7, 11) is 0. The summed E-state index contributed by atoms with van der Waals surface area (Å²) in [4.78, 5) is 17.6. The highest BCUT2D eigenvalue weighted by Gasteiger charge is 2.20. The first kappa shape index (κ1) is 19.8. The summed E-state index contributed by atoms with van der Waals surface area (Å²) in [5.41, 5.74) is 2.67. The Labute approximate surface area is 180 Å². The SMILES string of the molecule is CCn1c(SC(C)c2nnc(-c3ccc(C)cc3)o2)nc2ccc(Br)cc2c1=O. The Hall–Kier alpha value is -2.45. The van der Waals surface area contributed by atoms with Crippen molar-refractivity contribution in [1.82, 2.24) is 19.7 Å². The van der Waals surface area contributed by atoms with E-state index in [0.29, 0.717) is 34.4 Å². The van der Waals surface area contributed by atoms with Crippen LogP contribution in [0.5, 0.6) is 0 Å². The third-order valence-electron chi connectivity index (χ3n) is 4.57. The van der Waals surface area contributed by atoms with Crippen LogP contribution in [0.4, 0.5) is 0 Å². The number of aryl methyl sites for hydroxylation is 1. The van der Waals surface area contributed by atoms with Crippen molar-refractivity contribution in [2.75, 3.05) is 0 Å². The lowest BCUT2D eigenvalue weighted by Crippen LogP contribution is -2.22. The lowest BCUT2D eigenvalue weighted by molar-refractivity contribution is 0.508. The van der Waals surface area contributed by atoms with Gasteiger partial charge in [0.05, 0.1) is 16.2 Å². The van der Waals surface area contributed by atoms with Gasteiger partial charge in [0.2, 0.25) is 11.8 Å². The van der Waals surface area contributed by atoms with Gasteiger partial charge in [0.25, 0.3) is 5.56 Å². The molecule has 0 amide bonds. The van der Waals surface area contributed by atoms with Crippen molar-refractivity contribution >= 4 is 38.6 Å². The zero-order chi connectivity index (χ0) is 20.5. The van der Waals surface area contributed by atoms with E-state index in [1.165, 1.54) is 17.3 Å². The molecule has 6 nitrogen and oxygen atoms in total. The smallest absolute Gasteiger partial charge is 0.262 e. The van der Waals surface area contributed by atoms with E-state index >= 15 is 0 Å². The summed E-state index contributed by atoms with van der Waals surface area (Å²) in [6, 6.07) is 13.5. The van der Waals surface area contributed by atoms with Gasteiger partial charge in [0, 0.05) is 16.6 Å². The van der Waals surface area contributed by atoms with Crippen LogP contribution in [0.3, 0.4) is 0 Å². The predicted octanol–water partition coefficient (Wildman–Crippen LogP) is 5.39. The van der Waals surface area contributed by atoms with E-state index in [-0.39, 0.29) is 10.8 Å². The Morgan fingerprint density at radius 1 is 1.17 bits per heavy atom. The van der Waals surface area contributed by atoms with Crippen molar-refractivity contribution < 1.29 is 4.42 Å². The monoisotopic (exact) mass is 470 g/mol. The van der Waals surface area contributed by atoms with Gasteiger partial charge in [-0.15, -0.1) is 10.2 Å². The van der Waals surface area contributed by atoms with E-state index in [2.05, 4.69) is 26.1 Å². The molecule has 0 aliphatic heterocycles. The molecule has 4 aromatic rings. The Balaban J connectivity index is 1.65. The fraction of sp³-hybridized carbons (Fsp3) is 0.238. The number of rotatable bonds is 5. The number of hydrogen-bond acceptors (Lipinski definition) is 6. The molecule has 0 N–H and O–H groups in total. The molecule has 4 rings (SSSR count). The second-order valence-corrected chi connectivity index (χ2v) is 8.90. The van der Waals surface area contributed by atoms with Crippen LogP contribution in [0.15, 0.2) is 61.3 Å². The van der Waals surface area contributed by atoms with Gasteiger partial charge in [-0.25, -0.2) is 4.98 Å². The number of fused-ring (bicyclic) bond motifs is 1. The molecule has 148 valence electrons. The molecule has 0 fully saturated rings. The van der Waals surface area contributed by atoms with E-state index in [4.69, 9.17) is 9.40 Å². The quantitative estimate of drug-likeness (QED) is 0.287. The van der Waals surface area contributed by atoms with Crippen LogP contribution in [-0.4, -0.2) is 19.7 Å². The van der Waals surface area contributed by atoms with Crippen LogP contribution in [-0.2, 0) is 6.54 Å². The molecule has 2 heterocycles. The average molecular weight is 471 g/mol.